The highest BCUT2D eigenvalue weighted by molar-refractivity contribution is 5.68. The molecule has 5 heteroatoms. The van der Waals surface area contributed by atoms with E-state index < -0.39 is 0 Å². The molecule has 2 heterocycles. The van der Waals surface area contributed by atoms with Crippen molar-refractivity contribution >= 4 is 6.09 Å². The molecule has 37 heavy (non-hydrogen) atoms. The summed E-state index contributed by atoms with van der Waals surface area (Å²) in [5, 5.41) is 7.00. The summed E-state index contributed by atoms with van der Waals surface area (Å²) < 4.78 is 5.36. The molecule has 1 fully saturated rings. The average Bonchev–Trinajstić information content (AvgIpc) is 3.08. The van der Waals surface area contributed by atoms with E-state index in [1.807, 2.05) is 25.7 Å². The number of aryl methyl sites for hydroxylation is 1. The van der Waals surface area contributed by atoms with Gasteiger partial charge in [-0.05, 0) is 76.0 Å². The van der Waals surface area contributed by atoms with Gasteiger partial charge in [-0.25, -0.2) is 4.79 Å². The van der Waals surface area contributed by atoms with Gasteiger partial charge in [-0.2, -0.15) is 0 Å². The molecule has 1 amide bonds. The van der Waals surface area contributed by atoms with Gasteiger partial charge in [0.25, 0.3) is 0 Å². The molecule has 4 rings (SSSR count). The number of rotatable bonds is 4. The summed E-state index contributed by atoms with van der Waals surface area (Å²) >= 11 is 0. The Labute approximate surface area is 225 Å². The smallest absolute Gasteiger partial charge is 0.410 e. The average molecular weight is 511 g/mol. The Bertz CT molecular complexity index is 915. The molecule has 0 aromatic heterocycles. The van der Waals surface area contributed by atoms with Crippen LogP contribution in [0.4, 0.5) is 4.79 Å². The van der Waals surface area contributed by atoms with Crippen molar-refractivity contribution in [3.63, 3.8) is 0 Å². The van der Waals surface area contributed by atoms with E-state index in [1.165, 1.54) is 49.9 Å². The van der Waals surface area contributed by atoms with E-state index in [2.05, 4.69) is 67.3 Å². The second kappa shape index (κ2) is 15.8. The van der Waals surface area contributed by atoms with Gasteiger partial charge in [-0.15, -0.1) is 0 Å². The highest BCUT2D eigenvalue weighted by atomic mass is 16.6. The molecular weight excluding hydrogens is 460 g/mol. The Balaban J connectivity index is 0.000000248. The lowest BCUT2D eigenvalue weighted by Gasteiger charge is -2.33. The molecule has 1 saturated heterocycles. The minimum absolute atomic E-state index is 0.151. The van der Waals surface area contributed by atoms with Gasteiger partial charge in [0.05, 0.1) is 0 Å². The van der Waals surface area contributed by atoms with Crippen molar-refractivity contribution in [1.29, 1.82) is 0 Å². The predicted octanol–water partition coefficient (Wildman–Crippen LogP) is 6.64. The number of nitrogens with zero attached hydrogens (tertiary/aromatic N) is 2. The fourth-order valence-electron chi connectivity index (χ4n) is 5.04. The summed E-state index contributed by atoms with van der Waals surface area (Å²) in [6, 6.07) is 17.7. The SMILES string of the molecule is CCCC1CCN(C(=O)OC(C)(C)C)CC1.CO.Cc1ccc2c(c1)CCN(Cc1ccccc1)CC2. The Morgan fingerprint density at radius 3 is 2.16 bits per heavy atom. The van der Waals surface area contributed by atoms with Gasteiger partial charge in [0.1, 0.15) is 5.60 Å². The molecule has 2 aromatic carbocycles. The molecule has 0 bridgehead atoms. The van der Waals surface area contributed by atoms with Crippen LogP contribution in [0.5, 0.6) is 0 Å². The van der Waals surface area contributed by atoms with Gasteiger partial charge >= 0.3 is 6.09 Å². The first kappa shape index (κ1) is 30.9. The Hall–Kier alpha value is -2.37. The van der Waals surface area contributed by atoms with Gasteiger partial charge in [-0.3, -0.25) is 4.90 Å². The normalized spacial score (nSPS) is 16.4. The Morgan fingerprint density at radius 1 is 0.946 bits per heavy atom. The van der Waals surface area contributed by atoms with Crippen LogP contribution in [0.15, 0.2) is 48.5 Å². The fourth-order valence-corrected chi connectivity index (χ4v) is 5.04. The Kier molecular flexibility index (Phi) is 13.2. The molecule has 0 saturated carbocycles. The first-order valence-electron chi connectivity index (χ1n) is 14.0. The minimum Gasteiger partial charge on any atom is -0.444 e. The van der Waals surface area contributed by atoms with Crippen molar-refractivity contribution in [2.75, 3.05) is 33.3 Å². The van der Waals surface area contributed by atoms with E-state index in [4.69, 9.17) is 9.84 Å². The highest BCUT2D eigenvalue weighted by Crippen LogP contribution is 2.23. The van der Waals surface area contributed by atoms with Crippen LogP contribution in [0.3, 0.4) is 0 Å². The third kappa shape index (κ3) is 11.3. The second-order valence-electron chi connectivity index (χ2n) is 11.2. The molecule has 1 N–H and O–H groups in total. The van der Waals surface area contributed by atoms with Gasteiger partial charge in [0, 0.05) is 39.8 Å². The third-order valence-electron chi connectivity index (χ3n) is 6.97. The number of carbonyl (C=O) groups is 1. The van der Waals surface area contributed by atoms with Crippen molar-refractivity contribution in [2.45, 2.75) is 85.3 Å². The van der Waals surface area contributed by atoms with Crippen LogP contribution in [-0.2, 0) is 24.1 Å². The first-order chi connectivity index (χ1) is 17.7. The summed E-state index contributed by atoms with van der Waals surface area (Å²) in [7, 11) is 1.00. The van der Waals surface area contributed by atoms with Gasteiger partial charge in [0.2, 0.25) is 0 Å². The van der Waals surface area contributed by atoms with Gasteiger partial charge < -0.3 is 14.7 Å². The number of ether oxygens (including phenoxy) is 1. The minimum atomic E-state index is -0.378. The van der Waals surface area contributed by atoms with E-state index in [-0.39, 0.29) is 11.7 Å². The molecule has 206 valence electrons. The lowest BCUT2D eigenvalue weighted by molar-refractivity contribution is 0.0181. The number of piperidine rings is 1. The Morgan fingerprint density at radius 2 is 1.57 bits per heavy atom. The number of aliphatic hydroxyl groups is 1. The van der Waals surface area contributed by atoms with Gasteiger partial charge in [0.15, 0.2) is 0 Å². The molecule has 0 unspecified atom stereocenters. The lowest BCUT2D eigenvalue weighted by atomic mass is 9.93. The van der Waals surface area contributed by atoms with E-state index in [0.29, 0.717) is 0 Å². The number of hydrogen-bond donors (Lipinski definition) is 1. The van der Waals surface area contributed by atoms with E-state index in [0.717, 1.165) is 45.5 Å². The van der Waals surface area contributed by atoms with Crippen molar-refractivity contribution in [3.05, 3.63) is 70.8 Å². The molecule has 0 aliphatic carbocycles. The van der Waals surface area contributed by atoms with E-state index in [9.17, 15) is 4.79 Å². The van der Waals surface area contributed by atoms with Crippen molar-refractivity contribution in [2.24, 2.45) is 5.92 Å². The molecule has 0 radical (unpaired) electrons. The number of likely N-dealkylation sites (tertiary alicyclic amines) is 1. The maximum atomic E-state index is 11.8. The van der Waals surface area contributed by atoms with E-state index >= 15 is 0 Å². The number of amides is 1. The molecule has 2 aliphatic rings. The van der Waals surface area contributed by atoms with Crippen LogP contribution in [-0.4, -0.2) is 59.9 Å². The number of benzene rings is 2. The van der Waals surface area contributed by atoms with Crippen LogP contribution in [0.25, 0.3) is 0 Å². The van der Waals surface area contributed by atoms with Crippen LogP contribution in [0, 0.1) is 12.8 Å². The summed E-state index contributed by atoms with van der Waals surface area (Å²) in [6.07, 6.45) is 7.02. The second-order valence-corrected chi connectivity index (χ2v) is 11.2. The largest absolute Gasteiger partial charge is 0.444 e. The summed E-state index contributed by atoms with van der Waals surface area (Å²) in [4.78, 5) is 16.2. The maximum absolute atomic E-state index is 11.8. The zero-order valence-corrected chi connectivity index (χ0v) is 24.1. The van der Waals surface area contributed by atoms with Crippen LogP contribution in [0.1, 0.15) is 75.6 Å². The number of aliphatic hydroxyl groups excluding tert-OH is 1. The monoisotopic (exact) mass is 510 g/mol. The van der Waals surface area contributed by atoms with Crippen LogP contribution >= 0.6 is 0 Å². The van der Waals surface area contributed by atoms with Crippen LogP contribution < -0.4 is 0 Å². The zero-order valence-electron chi connectivity index (χ0n) is 24.1. The highest BCUT2D eigenvalue weighted by Gasteiger charge is 2.26. The molecule has 2 aliphatic heterocycles. The molecule has 0 atom stereocenters. The predicted molar refractivity (Wildman–Crippen MR) is 154 cm³/mol. The summed E-state index contributed by atoms with van der Waals surface area (Å²) in [5.41, 5.74) is 5.52. The quantitative estimate of drug-likeness (QED) is 0.501. The first-order valence-corrected chi connectivity index (χ1v) is 14.0. The van der Waals surface area contributed by atoms with Crippen molar-refractivity contribution in [3.8, 4) is 0 Å². The van der Waals surface area contributed by atoms with Crippen molar-refractivity contribution in [1.82, 2.24) is 9.80 Å². The summed E-state index contributed by atoms with van der Waals surface area (Å²) in [5.74, 6) is 0.809. The fraction of sp³-hybridized carbons (Fsp3) is 0.594. The topological polar surface area (TPSA) is 53.0 Å². The molecule has 0 spiro atoms. The van der Waals surface area contributed by atoms with Crippen molar-refractivity contribution < 1.29 is 14.6 Å². The summed E-state index contributed by atoms with van der Waals surface area (Å²) in [6.45, 7) is 15.3. The number of hydrogen-bond acceptors (Lipinski definition) is 4. The van der Waals surface area contributed by atoms with Gasteiger partial charge in [-0.1, -0.05) is 73.9 Å². The molecule has 2 aromatic rings. The zero-order chi connectivity index (χ0) is 27.3. The number of carbonyl (C=O) groups excluding carboxylic acids is 1. The third-order valence-corrected chi connectivity index (χ3v) is 6.97. The van der Waals surface area contributed by atoms with Crippen LogP contribution in [0.2, 0.25) is 0 Å². The molecular formula is C32H50N2O3. The maximum Gasteiger partial charge on any atom is 0.410 e. The number of fused-ring (bicyclic) bond motifs is 1. The molecule has 5 nitrogen and oxygen atoms in total. The standard InChI is InChI=1S/C18H21N.C13H25NO2.CH4O/c1-15-7-8-17-9-11-19(12-10-18(17)13-15)14-16-5-3-2-4-6-16;1-5-6-11-7-9-14(10-8-11)12(15)16-13(2,3)4;1-2/h2-8,13H,9-12,14H2,1H3;11H,5-10H2,1-4H3;2H,1H3. The van der Waals surface area contributed by atoms with E-state index in [1.54, 1.807) is 11.1 Å². The lowest BCUT2D eigenvalue weighted by Crippen LogP contribution is -2.41.